The van der Waals surface area contributed by atoms with E-state index in [1.807, 2.05) is 24.3 Å². The molecule has 0 amide bonds. The maximum Gasteiger partial charge on any atom is 0.222 e. The molecule has 0 radical (unpaired) electrons. The summed E-state index contributed by atoms with van der Waals surface area (Å²) < 4.78 is 0. The van der Waals surface area contributed by atoms with Gasteiger partial charge in [-0.1, -0.05) is 19.1 Å². The molecule has 0 aliphatic carbocycles. The molecule has 0 bridgehead atoms. The van der Waals surface area contributed by atoms with E-state index in [2.05, 4.69) is 42.5 Å². The van der Waals surface area contributed by atoms with Crippen LogP contribution >= 0.6 is 0 Å². The van der Waals surface area contributed by atoms with Crippen molar-refractivity contribution in [3.05, 3.63) is 54.1 Å². The highest BCUT2D eigenvalue weighted by Gasteiger charge is 2.20. The smallest absolute Gasteiger partial charge is 0.222 e. The molecule has 8 heteroatoms. The Kier molecular flexibility index (Phi) is 5.24. The van der Waals surface area contributed by atoms with Crippen molar-refractivity contribution < 1.29 is 4.79 Å². The molecular formula is C21H21N7O. The zero-order chi connectivity index (χ0) is 20.2. The van der Waals surface area contributed by atoms with E-state index in [0.29, 0.717) is 30.3 Å². The second-order valence-corrected chi connectivity index (χ2v) is 6.80. The lowest BCUT2D eigenvalue weighted by Gasteiger charge is -2.19. The normalized spacial score (nSPS) is 13.7. The van der Waals surface area contributed by atoms with Crippen LogP contribution in [0.2, 0.25) is 0 Å². The maximum absolute atomic E-state index is 12.1. The molecule has 29 heavy (non-hydrogen) atoms. The lowest BCUT2D eigenvalue weighted by Crippen LogP contribution is -2.13. The summed E-state index contributed by atoms with van der Waals surface area (Å²) >= 11 is 0. The van der Waals surface area contributed by atoms with Crippen molar-refractivity contribution >= 4 is 29.5 Å². The van der Waals surface area contributed by atoms with Gasteiger partial charge in [0, 0.05) is 61.7 Å². The number of nitrogens with zero attached hydrogens (tertiary/aromatic N) is 5. The molecule has 1 aliphatic rings. The highest BCUT2D eigenvalue weighted by molar-refractivity contribution is 6.10. The quantitative estimate of drug-likeness (QED) is 0.667. The molecule has 0 fully saturated rings. The van der Waals surface area contributed by atoms with E-state index in [9.17, 15) is 4.79 Å². The number of hydrogen-bond donors (Lipinski definition) is 2. The Balaban J connectivity index is 1.49. The summed E-state index contributed by atoms with van der Waals surface area (Å²) in [6.45, 7) is 2.75. The summed E-state index contributed by atoms with van der Waals surface area (Å²) in [7, 11) is 1.77. The monoisotopic (exact) mass is 387 g/mol. The first-order valence-electron chi connectivity index (χ1n) is 9.40. The van der Waals surface area contributed by atoms with Crippen molar-refractivity contribution in [3.8, 4) is 11.3 Å². The molecule has 1 aliphatic heterocycles. The van der Waals surface area contributed by atoms with Crippen LogP contribution in [0.3, 0.4) is 0 Å². The Morgan fingerprint density at radius 2 is 1.97 bits per heavy atom. The van der Waals surface area contributed by atoms with Crippen LogP contribution in [0.1, 0.15) is 35.2 Å². The van der Waals surface area contributed by atoms with Gasteiger partial charge in [0.2, 0.25) is 5.95 Å². The van der Waals surface area contributed by atoms with Crippen LogP contribution in [0, 0.1) is 0 Å². The molecule has 1 aromatic carbocycles. The van der Waals surface area contributed by atoms with E-state index in [-0.39, 0.29) is 11.7 Å². The molecule has 4 rings (SSSR count). The molecular weight excluding hydrogens is 366 g/mol. The van der Waals surface area contributed by atoms with E-state index in [0.717, 1.165) is 22.5 Å². The summed E-state index contributed by atoms with van der Waals surface area (Å²) in [5.41, 5.74) is 4.08. The number of hydrogen-bond acceptors (Lipinski definition) is 8. The number of fused-ring (bicyclic) bond motifs is 1. The molecule has 3 heterocycles. The van der Waals surface area contributed by atoms with Crippen LogP contribution in [-0.2, 0) is 0 Å². The molecule has 0 saturated carbocycles. The van der Waals surface area contributed by atoms with E-state index >= 15 is 0 Å². The zero-order valence-electron chi connectivity index (χ0n) is 16.3. The van der Waals surface area contributed by atoms with Gasteiger partial charge in [0.25, 0.3) is 0 Å². The van der Waals surface area contributed by atoms with Crippen LogP contribution in [-0.4, -0.2) is 45.5 Å². The third-order valence-corrected chi connectivity index (χ3v) is 4.82. The second-order valence-electron chi connectivity index (χ2n) is 6.80. The first kappa shape index (κ1) is 18.7. The Bertz CT molecular complexity index is 1060. The molecule has 2 aromatic heterocycles. The minimum atomic E-state index is 0.115. The number of aromatic nitrogens is 4. The van der Waals surface area contributed by atoms with Crippen molar-refractivity contribution in [3.63, 3.8) is 0 Å². The fraction of sp³-hybridized carbons (Fsp3) is 0.238. The molecule has 3 aromatic rings. The number of benzene rings is 1. The van der Waals surface area contributed by atoms with Crippen molar-refractivity contribution in [1.29, 1.82) is 0 Å². The minimum absolute atomic E-state index is 0.115. The number of ketones is 1. The molecule has 1 atom stereocenters. The van der Waals surface area contributed by atoms with Crippen LogP contribution < -0.4 is 10.6 Å². The van der Waals surface area contributed by atoms with Gasteiger partial charge >= 0.3 is 0 Å². The van der Waals surface area contributed by atoms with Gasteiger partial charge in [-0.2, -0.15) is 0 Å². The summed E-state index contributed by atoms with van der Waals surface area (Å²) in [5, 5.41) is 6.24. The summed E-state index contributed by atoms with van der Waals surface area (Å²) in [6.07, 6.45) is 7.01. The predicted molar refractivity (Wildman–Crippen MR) is 113 cm³/mol. The zero-order valence-corrected chi connectivity index (χ0v) is 16.3. The summed E-state index contributed by atoms with van der Waals surface area (Å²) in [4.78, 5) is 33.6. The summed E-state index contributed by atoms with van der Waals surface area (Å²) in [6, 6.07) is 7.65. The average molecular weight is 387 g/mol. The number of nitrogens with one attached hydrogen (secondary N) is 2. The van der Waals surface area contributed by atoms with E-state index in [1.165, 1.54) is 6.33 Å². The van der Waals surface area contributed by atoms with Crippen LogP contribution in [0.25, 0.3) is 11.3 Å². The van der Waals surface area contributed by atoms with Gasteiger partial charge in [0.1, 0.15) is 12.1 Å². The maximum atomic E-state index is 12.1. The van der Waals surface area contributed by atoms with Gasteiger partial charge in [0.05, 0.1) is 11.4 Å². The molecule has 0 spiro atoms. The van der Waals surface area contributed by atoms with E-state index in [1.54, 1.807) is 25.7 Å². The average Bonchev–Trinajstić information content (AvgIpc) is 2.78. The standard InChI is InChI=1S/C21H21N7O/c1-13(15-4-3-5-16-18(29)6-7-23-20(15)16)9-24-19-8-17(27-12-28-19)14-10-25-21(22-2)26-11-14/h3-5,7-8,10-13H,6,9H2,1-2H3,(H,22,25,26)(H,24,27,28)/t13-/m1/s1. The van der Waals surface area contributed by atoms with Crippen molar-refractivity contribution in [2.75, 3.05) is 24.2 Å². The lowest BCUT2D eigenvalue weighted by atomic mass is 9.93. The third kappa shape index (κ3) is 3.96. The number of carbonyl (C=O) groups excluding carboxylic acids is 1. The number of carbonyl (C=O) groups is 1. The number of para-hydroxylation sites is 1. The minimum Gasteiger partial charge on any atom is -0.369 e. The van der Waals surface area contributed by atoms with E-state index in [4.69, 9.17) is 0 Å². The Hall–Kier alpha value is -3.68. The van der Waals surface area contributed by atoms with Crippen LogP contribution in [0.15, 0.2) is 48.0 Å². The number of aliphatic imine (C=N–C) groups is 1. The Labute approximate surface area is 168 Å². The first-order valence-corrected chi connectivity index (χ1v) is 9.40. The molecule has 0 saturated heterocycles. The van der Waals surface area contributed by atoms with E-state index < -0.39 is 0 Å². The van der Waals surface area contributed by atoms with Gasteiger partial charge < -0.3 is 10.6 Å². The lowest BCUT2D eigenvalue weighted by molar-refractivity contribution is 0.100. The number of anilines is 2. The van der Waals surface area contributed by atoms with Crippen molar-refractivity contribution in [2.45, 2.75) is 19.3 Å². The third-order valence-electron chi connectivity index (χ3n) is 4.82. The largest absolute Gasteiger partial charge is 0.369 e. The molecule has 2 N–H and O–H groups in total. The van der Waals surface area contributed by atoms with Crippen molar-refractivity contribution in [2.24, 2.45) is 4.99 Å². The molecule has 8 nitrogen and oxygen atoms in total. The fourth-order valence-electron chi connectivity index (χ4n) is 3.23. The van der Waals surface area contributed by atoms with Crippen LogP contribution in [0.4, 0.5) is 17.5 Å². The SMILES string of the molecule is CNc1ncc(-c2cc(NC[C@@H](C)c3cccc4c3N=CCC4=O)ncn2)cn1. The number of rotatable bonds is 6. The van der Waals surface area contributed by atoms with Gasteiger partial charge in [-0.15, -0.1) is 0 Å². The summed E-state index contributed by atoms with van der Waals surface area (Å²) in [5.74, 6) is 1.53. The van der Waals surface area contributed by atoms with Gasteiger partial charge in [-0.25, -0.2) is 19.9 Å². The molecule has 146 valence electrons. The van der Waals surface area contributed by atoms with Gasteiger partial charge in [0.15, 0.2) is 5.78 Å². The Morgan fingerprint density at radius 1 is 1.14 bits per heavy atom. The highest BCUT2D eigenvalue weighted by atomic mass is 16.1. The molecule has 0 unspecified atom stereocenters. The van der Waals surface area contributed by atoms with Gasteiger partial charge in [-0.3, -0.25) is 9.79 Å². The topological polar surface area (TPSA) is 105 Å². The highest BCUT2D eigenvalue weighted by Crippen LogP contribution is 2.33. The van der Waals surface area contributed by atoms with Crippen LogP contribution in [0.5, 0.6) is 0 Å². The number of Topliss-reactive ketones (excluding diaryl/α,β-unsaturated/α-hetero) is 1. The first-order chi connectivity index (χ1) is 14.2. The second kappa shape index (κ2) is 8.14. The Morgan fingerprint density at radius 3 is 2.76 bits per heavy atom. The van der Waals surface area contributed by atoms with Gasteiger partial charge in [-0.05, 0) is 11.6 Å². The fourth-order valence-corrected chi connectivity index (χ4v) is 3.23. The predicted octanol–water partition coefficient (Wildman–Crippen LogP) is 3.48. The van der Waals surface area contributed by atoms with Crippen molar-refractivity contribution in [1.82, 2.24) is 19.9 Å².